The van der Waals surface area contributed by atoms with Gasteiger partial charge in [0.25, 0.3) is 8.32 Å². The summed E-state index contributed by atoms with van der Waals surface area (Å²) in [6.07, 6.45) is 8.10. The van der Waals surface area contributed by atoms with Crippen molar-refractivity contribution in [1.82, 2.24) is 0 Å². The van der Waals surface area contributed by atoms with Gasteiger partial charge in [-0.15, -0.1) is 0 Å². The summed E-state index contributed by atoms with van der Waals surface area (Å²) in [5.41, 5.74) is 2.05. The van der Waals surface area contributed by atoms with Gasteiger partial charge in [-0.2, -0.15) is 0 Å². The predicted octanol–water partition coefficient (Wildman–Crippen LogP) is 8.38. The van der Waals surface area contributed by atoms with Crippen LogP contribution in [-0.2, 0) is 15.8 Å². The second-order valence-corrected chi connectivity index (χ2v) is 20.1. The fourth-order valence-electron chi connectivity index (χ4n) is 9.37. The third-order valence-electron chi connectivity index (χ3n) is 12.1. The van der Waals surface area contributed by atoms with Gasteiger partial charge in [0.05, 0.1) is 25.4 Å². The minimum absolute atomic E-state index is 0.0585. The van der Waals surface area contributed by atoms with Crippen molar-refractivity contribution >= 4 is 18.7 Å². The molecular weight excluding hydrogens is 597 g/mol. The van der Waals surface area contributed by atoms with Crippen molar-refractivity contribution in [2.45, 2.75) is 96.5 Å². The van der Waals surface area contributed by atoms with Crippen LogP contribution in [0.3, 0.4) is 0 Å². The molecule has 3 aromatic carbocycles. The summed E-state index contributed by atoms with van der Waals surface area (Å²) in [6.45, 7) is 17.0. The number of aliphatic hydroxyl groups is 1. The molecule has 4 nitrogen and oxygen atoms in total. The van der Waals surface area contributed by atoms with Crippen molar-refractivity contribution in [2.75, 3.05) is 13.7 Å². The number of rotatable bonds is 10. The van der Waals surface area contributed by atoms with Crippen molar-refractivity contribution < 1.29 is 19.0 Å². The Balaban J connectivity index is 1.36. The van der Waals surface area contributed by atoms with E-state index < -0.39 is 13.9 Å². The Morgan fingerprint density at radius 3 is 2.04 bits per heavy atom. The summed E-state index contributed by atoms with van der Waals surface area (Å²) < 4.78 is 19.8. The largest absolute Gasteiger partial charge is 0.497 e. The smallest absolute Gasteiger partial charge is 0.261 e. The van der Waals surface area contributed by atoms with Gasteiger partial charge in [0.15, 0.2) is 0 Å². The predicted molar refractivity (Wildman–Crippen MR) is 195 cm³/mol. The quantitative estimate of drug-likeness (QED) is 0.177. The average Bonchev–Trinajstić information content (AvgIpc) is 3.38. The van der Waals surface area contributed by atoms with E-state index in [2.05, 4.69) is 113 Å². The van der Waals surface area contributed by atoms with E-state index in [0.29, 0.717) is 19.6 Å². The highest BCUT2D eigenvalue weighted by atomic mass is 28.4. The monoisotopic (exact) mass is 650 g/mol. The van der Waals surface area contributed by atoms with Gasteiger partial charge in [0, 0.05) is 23.4 Å². The second kappa shape index (κ2) is 12.8. The van der Waals surface area contributed by atoms with Gasteiger partial charge in [0.1, 0.15) is 5.75 Å². The summed E-state index contributed by atoms with van der Waals surface area (Å²) in [5.74, 6) is 0.796. The summed E-state index contributed by atoms with van der Waals surface area (Å²) in [6, 6.07) is 30.0. The highest BCUT2D eigenvalue weighted by Crippen LogP contribution is 2.67. The molecule has 47 heavy (non-hydrogen) atoms. The highest BCUT2D eigenvalue weighted by molar-refractivity contribution is 6.99. The molecule has 2 saturated carbocycles. The molecule has 3 aliphatic rings. The molecule has 0 bridgehead atoms. The first-order valence-electron chi connectivity index (χ1n) is 17.5. The summed E-state index contributed by atoms with van der Waals surface area (Å²) in [7, 11) is -1.07. The Morgan fingerprint density at radius 1 is 0.894 bits per heavy atom. The number of benzene rings is 3. The molecule has 0 aromatic heterocycles. The molecule has 0 heterocycles. The molecular formula is C42H54O4Si. The van der Waals surface area contributed by atoms with E-state index in [-0.39, 0.29) is 27.9 Å². The molecule has 1 N–H and O–H groups in total. The van der Waals surface area contributed by atoms with E-state index in [1.165, 1.54) is 15.9 Å². The number of hydrogen-bond acceptors (Lipinski definition) is 4. The van der Waals surface area contributed by atoms with Crippen LogP contribution in [0.4, 0.5) is 0 Å². The van der Waals surface area contributed by atoms with Crippen LogP contribution < -0.4 is 15.1 Å². The Labute approximate surface area is 284 Å². The molecule has 5 heteroatoms. The van der Waals surface area contributed by atoms with Crippen molar-refractivity contribution in [1.29, 1.82) is 0 Å². The van der Waals surface area contributed by atoms with Crippen LogP contribution in [0.25, 0.3) is 0 Å². The number of hydrogen-bond donors (Lipinski definition) is 1. The Hall–Kier alpha value is -2.96. The maximum atomic E-state index is 12.6. The van der Waals surface area contributed by atoms with E-state index in [9.17, 15) is 5.11 Å². The van der Waals surface area contributed by atoms with Gasteiger partial charge >= 0.3 is 0 Å². The first-order valence-corrected chi connectivity index (χ1v) is 19.4. The fourth-order valence-corrected chi connectivity index (χ4v) is 14.0. The van der Waals surface area contributed by atoms with E-state index in [1.807, 2.05) is 19.1 Å². The first kappa shape index (κ1) is 33.9. The maximum absolute atomic E-state index is 12.6. The Morgan fingerprint density at radius 2 is 1.49 bits per heavy atom. The molecule has 0 radical (unpaired) electrons. The zero-order chi connectivity index (χ0) is 33.5. The molecule has 0 saturated heterocycles. The molecule has 0 unspecified atom stereocenters. The standard InChI is InChI=1S/C42H54O4Si/c1-31(2)42(43)28-27-41(30-46-47(39(3,4)5,34-15-10-8-11-16-34)35-17-12-9-13-18-35)26-25-40(6)36(38(41)42)19-14-20-37(40)45-29-32-21-23-33(44-7)24-22-32/h8-13,15-19,21-24,37-38,43H,1,14,20,25-30H2,2-7H3/t37-,38-,40+,41-,42-/m0/s1. The van der Waals surface area contributed by atoms with Crippen LogP contribution in [0.2, 0.25) is 5.04 Å². The zero-order valence-corrected chi connectivity index (χ0v) is 30.4. The van der Waals surface area contributed by atoms with Crippen LogP contribution in [0, 0.1) is 16.7 Å². The molecule has 2 fully saturated rings. The molecule has 3 aromatic rings. The van der Waals surface area contributed by atoms with Gasteiger partial charge in [-0.05, 0) is 84.1 Å². The van der Waals surface area contributed by atoms with Gasteiger partial charge in [0.2, 0.25) is 0 Å². The van der Waals surface area contributed by atoms with E-state index in [0.717, 1.165) is 49.0 Å². The SMILES string of the molecule is C=C(C)[C@@]1(O)CC[C@]2(CO[Si](c3ccccc3)(c3ccccc3)C(C)(C)C)CC[C@]3(C)C(=CCC[C@@H]3OCc3ccc(OC)cc3)[C@@H]21. The molecule has 6 rings (SSSR count). The lowest BCUT2D eigenvalue weighted by Crippen LogP contribution is -2.67. The van der Waals surface area contributed by atoms with Gasteiger partial charge < -0.3 is 19.0 Å². The van der Waals surface area contributed by atoms with E-state index in [1.54, 1.807) is 7.11 Å². The van der Waals surface area contributed by atoms with Crippen molar-refractivity contribution in [2.24, 2.45) is 16.7 Å². The zero-order valence-electron chi connectivity index (χ0n) is 29.4. The lowest BCUT2D eigenvalue weighted by Gasteiger charge is -2.57. The summed E-state index contributed by atoms with van der Waals surface area (Å²) >= 11 is 0. The first-order chi connectivity index (χ1) is 22.4. The second-order valence-electron chi connectivity index (χ2n) is 15.8. The molecule has 0 amide bonds. The molecule has 250 valence electrons. The van der Waals surface area contributed by atoms with Crippen molar-refractivity contribution in [3.05, 3.63) is 114 Å². The lowest BCUT2D eigenvalue weighted by atomic mass is 9.51. The van der Waals surface area contributed by atoms with E-state index in [4.69, 9.17) is 13.9 Å². The van der Waals surface area contributed by atoms with Crippen LogP contribution >= 0.6 is 0 Å². The minimum atomic E-state index is -2.76. The number of fused-ring (bicyclic) bond motifs is 3. The van der Waals surface area contributed by atoms with Gasteiger partial charge in [-0.1, -0.05) is 119 Å². The molecule has 5 atom stereocenters. The topological polar surface area (TPSA) is 47.9 Å². The summed E-state index contributed by atoms with van der Waals surface area (Å²) in [4.78, 5) is 0. The van der Waals surface area contributed by atoms with Gasteiger partial charge in [-0.3, -0.25) is 0 Å². The third-order valence-corrected chi connectivity index (χ3v) is 17.0. The van der Waals surface area contributed by atoms with Crippen LogP contribution in [-0.4, -0.2) is 38.8 Å². The maximum Gasteiger partial charge on any atom is 0.261 e. The third kappa shape index (κ3) is 5.77. The van der Waals surface area contributed by atoms with E-state index >= 15 is 0 Å². The molecule has 3 aliphatic carbocycles. The lowest BCUT2D eigenvalue weighted by molar-refractivity contribution is -0.0919. The van der Waals surface area contributed by atoms with Crippen molar-refractivity contribution in [3.63, 3.8) is 0 Å². The Bertz CT molecular complexity index is 1540. The number of methoxy groups -OCH3 is 1. The van der Waals surface area contributed by atoms with Crippen LogP contribution in [0.15, 0.2) is 109 Å². The average molecular weight is 651 g/mol. The molecule has 0 aliphatic heterocycles. The summed E-state index contributed by atoms with van der Waals surface area (Å²) in [5, 5.41) is 15.1. The van der Waals surface area contributed by atoms with Crippen LogP contribution in [0.5, 0.6) is 5.75 Å². The fraction of sp³-hybridized carbons (Fsp3) is 0.476. The highest BCUT2D eigenvalue weighted by Gasteiger charge is 2.65. The van der Waals surface area contributed by atoms with Crippen LogP contribution in [0.1, 0.15) is 78.7 Å². The van der Waals surface area contributed by atoms with Crippen molar-refractivity contribution in [3.8, 4) is 5.75 Å². The molecule has 0 spiro atoms. The number of allylic oxidation sites excluding steroid dienone is 1. The van der Waals surface area contributed by atoms with Gasteiger partial charge in [-0.25, -0.2) is 0 Å². The Kier molecular flexibility index (Phi) is 9.25. The number of ether oxygens (including phenoxy) is 2. The minimum Gasteiger partial charge on any atom is -0.497 e. The normalized spacial score (nSPS) is 29.0.